The third-order valence-electron chi connectivity index (χ3n) is 4.94. The summed E-state index contributed by atoms with van der Waals surface area (Å²) in [4.78, 5) is 19.7. The largest absolute Gasteiger partial charge is 0.379 e. The highest BCUT2D eigenvalue weighted by atomic mass is 16.5. The summed E-state index contributed by atoms with van der Waals surface area (Å²) in [6.07, 6.45) is 1.79. The second-order valence-corrected chi connectivity index (χ2v) is 6.62. The van der Waals surface area contributed by atoms with Crippen LogP contribution in [0.2, 0.25) is 0 Å². The smallest absolute Gasteiger partial charge is 0.272 e. The van der Waals surface area contributed by atoms with E-state index in [-0.39, 0.29) is 11.9 Å². The van der Waals surface area contributed by atoms with E-state index in [1.54, 1.807) is 10.9 Å². The number of fused-ring (bicyclic) bond motifs is 1. The van der Waals surface area contributed by atoms with Gasteiger partial charge in [-0.15, -0.1) is 0 Å². The molecule has 27 heavy (non-hydrogen) atoms. The molecule has 140 valence electrons. The second kappa shape index (κ2) is 7.85. The Labute approximate surface area is 157 Å². The Kier molecular flexibility index (Phi) is 5.13. The minimum atomic E-state index is -0.166. The lowest BCUT2D eigenvalue weighted by Gasteiger charge is -2.34. The van der Waals surface area contributed by atoms with E-state index < -0.39 is 0 Å². The fourth-order valence-electron chi connectivity index (χ4n) is 3.54. The monoisotopic (exact) mass is 365 g/mol. The summed E-state index contributed by atoms with van der Waals surface area (Å²) in [5.74, 6) is -0.166. The molecule has 7 heteroatoms. The molecule has 2 aromatic heterocycles. The summed E-state index contributed by atoms with van der Waals surface area (Å²) in [6, 6.07) is 13.6. The molecule has 0 bridgehead atoms. The van der Waals surface area contributed by atoms with Crippen LogP contribution in [0.15, 0.2) is 48.7 Å². The van der Waals surface area contributed by atoms with Gasteiger partial charge in [0.1, 0.15) is 0 Å². The van der Waals surface area contributed by atoms with Crippen LogP contribution in [0, 0.1) is 0 Å². The Morgan fingerprint density at radius 1 is 1.19 bits per heavy atom. The number of pyridine rings is 1. The van der Waals surface area contributed by atoms with E-state index in [4.69, 9.17) is 4.74 Å². The lowest BCUT2D eigenvalue weighted by atomic mass is 10.1. The topological polar surface area (TPSA) is 72.3 Å². The fourth-order valence-corrected chi connectivity index (χ4v) is 3.54. The second-order valence-electron chi connectivity index (χ2n) is 6.62. The van der Waals surface area contributed by atoms with Gasteiger partial charge in [-0.25, -0.2) is 0 Å². The van der Waals surface area contributed by atoms with E-state index in [0.29, 0.717) is 25.5 Å². The van der Waals surface area contributed by atoms with Gasteiger partial charge >= 0.3 is 0 Å². The molecule has 1 aliphatic heterocycles. The maximum Gasteiger partial charge on any atom is 0.272 e. The molecule has 1 unspecified atom stereocenters. The third kappa shape index (κ3) is 3.70. The average Bonchev–Trinajstić information content (AvgIpc) is 3.07. The van der Waals surface area contributed by atoms with Crippen LogP contribution in [-0.4, -0.2) is 58.4 Å². The molecule has 1 fully saturated rings. The van der Waals surface area contributed by atoms with Gasteiger partial charge in [-0.3, -0.25) is 19.4 Å². The first-order chi connectivity index (χ1) is 13.2. The number of amides is 1. The van der Waals surface area contributed by atoms with E-state index in [2.05, 4.69) is 20.3 Å². The van der Waals surface area contributed by atoms with Crippen molar-refractivity contribution < 1.29 is 9.53 Å². The number of hydrogen-bond donors (Lipinski definition) is 1. The van der Waals surface area contributed by atoms with Gasteiger partial charge in [0, 0.05) is 38.3 Å². The SMILES string of the molecule is Cn1nc(C(=O)NCC(c2ccccn2)N2CCOCC2)c2ccccc21. The van der Waals surface area contributed by atoms with Crippen molar-refractivity contribution in [1.29, 1.82) is 0 Å². The summed E-state index contributed by atoms with van der Waals surface area (Å²) < 4.78 is 7.21. The van der Waals surface area contributed by atoms with Gasteiger partial charge in [0.05, 0.1) is 30.5 Å². The first-order valence-corrected chi connectivity index (χ1v) is 9.16. The first-order valence-electron chi connectivity index (χ1n) is 9.16. The number of ether oxygens (including phenoxy) is 1. The van der Waals surface area contributed by atoms with Crippen LogP contribution < -0.4 is 5.32 Å². The van der Waals surface area contributed by atoms with Gasteiger partial charge in [0.25, 0.3) is 5.91 Å². The van der Waals surface area contributed by atoms with Gasteiger partial charge in [-0.05, 0) is 18.2 Å². The van der Waals surface area contributed by atoms with Crippen LogP contribution in [-0.2, 0) is 11.8 Å². The molecule has 7 nitrogen and oxygen atoms in total. The Hall–Kier alpha value is -2.77. The number of hydrogen-bond acceptors (Lipinski definition) is 5. The molecule has 1 aromatic carbocycles. The number of para-hydroxylation sites is 1. The normalized spacial score (nSPS) is 16.3. The molecule has 1 atom stereocenters. The van der Waals surface area contributed by atoms with Crippen molar-refractivity contribution in [2.75, 3.05) is 32.8 Å². The number of benzene rings is 1. The number of aryl methyl sites for hydroxylation is 1. The highest BCUT2D eigenvalue weighted by Gasteiger charge is 2.25. The molecular weight excluding hydrogens is 342 g/mol. The lowest BCUT2D eigenvalue weighted by molar-refractivity contribution is 0.0153. The first kappa shape index (κ1) is 17.6. The van der Waals surface area contributed by atoms with Crippen LogP contribution in [0.25, 0.3) is 10.9 Å². The standard InChI is InChI=1S/C20H23N5O2/c1-24-17-8-3-2-6-15(17)19(23-24)20(26)22-14-18(16-7-4-5-9-21-16)25-10-12-27-13-11-25/h2-9,18H,10-14H2,1H3,(H,22,26). The zero-order chi connectivity index (χ0) is 18.6. The number of nitrogens with zero attached hydrogens (tertiary/aromatic N) is 4. The van der Waals surface area contributed by atoms with Crippen molar-refractivity contribution in [3.05, 3.63) is 60.0 Å². The molecule has 1 N–H and O–H groups in total. The predicted octanol–water partition coefficient (Wildman–Crippen LogP) is 1.77. The predicted molar refractivity (Wildman–Crippen MR) is 102 cm³/mol. The number of carbonyl (C=O) groups is 1. The zero-order valence-corrected chi connectivity index (χ0v) is 15.3. The highest BCUT2D eigenvalue weighted by molar-refractivity contribution is 6.04. The zero-order valence-electron chi connectivity index (χ0n) is 15.3. The highest BCUT2D eigenvalue weighted by Crippen LogP contribution is 2.21. The maximum absolute atomic E-state index is 12.8. The molecule has 1 amide bonds. The minimum Gasteiger partial charge on any atom is -0.379 e. The molecule has 0 saturated carbocycles. The van der Waals surface area contributed by atoms with Gasteiger partial charge in [-0.1, -0.05) is 24.3 Å². The molecule has 0 aliphatic carbocycles. The third-order valence-corrected chi connectivity index (χ3v) is 4.94. The van der Waals surface area contributed by atoms with Crippen molar-refractivity contribution >= 4 is 16.8 Å². The van der Waals surface area contributed by atoms with Gasteiger partial charge in [0.2, 0.25) is 0 Å². The quantitative estimate of drug-likeness (QED) is 0.746. The van der Waals surface area contributed by atoms with Crippen molar-refractivity contribution in [2.45, 2.75) is 6.04 Å². The number of morpholine rings is 1. The summed E-state index contributed by atoms with van der Waals surface area (Å²) >= 11 is 0. The number of nitrogens with one attached hydrogen (secondary N) is 1. The van der Waals surface area contributed by atoms with Gasteiger partial charge in [-0.2, -0.15) is 5.10 Å². The molecule has 0 radical (unpaired) electrons. The average molecular weight is 365 g/mol. The van der Waals surface area contributed by atoms with E-state index in [0.717, 1.165) is 29.7 Å². The van der Waals surface area contributed by atoms with Crippen LogP contribution in [0.3, 0.4) is 0 Å². The molecule has 1 aliphatic rings. The summed E-state index contributed by atoms with van der Waals surface area (Å²) in [6.45, 7) is 3.51. The summed E-state index contributed by atoms with van der Waals surface area (Å²) in [5.41, 5.74) is 2.34. The molecular formula is C20H23N5O2. The molecule has 3 heterocycles. The van der Waals surface area contributed by atoms with Gasteiger partial charge < -0.3 is 10.1 Å². The number of aromatic nitrogens is 3. The number of rotatable bonds is 5. The Balaban J connectivity index is 1.54. The Bertz CT molecular complexity index is 919. The van der Waals surface area contributed by atoms with Crippen LogP contribution in [0.5, 0.6) is 0 Å². The van der Waals surface area contributed by atoms with Crippen LogP contribution in [0.1, 0.15) is 22.2 Å². The lowest BCUT2D eigenvalue weighted by Crippen LogP contribution is -2.44. The van der Waals surface area contributed by atoms with E-state index in [1.165, 1.54) is 0 Å². The molecule has 0 spiro atoms. The Morgan fingerprint density at radius 2 is 1.96 bits per heavy atom. The van der Waals surface area contributed by atoms with Crippen LogP contribution >= 0.6 is 0 Å². The van der Waals surface area contributed by atoms with Crippen molar-refractivity contribution in [3.63, 3.8) is 0 Å². The van der Waals surface area contributed by atoms with Crippen molar-refractivity contribution in [2.24, 2.45) is 7.05 Å². The molecule has 1 saturated heterocycles. The molecule has 3 aromatic rings. The van der Waals surface area contributed by atoms with E-state index in [9.17, 15) is 4.79 Å². The summed E-state index contributed by atoms with van der Waals surface area (Å²) in [7, 11) is 1.85. The Morgan fingerprint density at radius 3 is 2.74 bits per heavy atom. The maximum atomic E-state index is 12.8. The van der Waals surface area contributed by atoms with Crippen molar-refractivity contribution in [1.82, 2.24) is 25.0 Å². The van der Waals surface area contributed by atoms with E-state index >= 15 is 0 Å². The minimum absolute atomic E-state index is 0.00836. The van der Waals surface area contributed by atoms with Crippen molar-refractivity contribution in [3.8, 4) is 0 Å². The number of carbonyl (C=O) groups excluding carboxylic acids is 1. The fraction of sp³-hybridized carbons (Fsp3) is 0.350. The molecule has 4 rings (SSSR count). The van der Waals surface area contributed by atoms with E-state index in [1.807, 2.05) is 49.5 Å². The summed E-state index contributed by atoms with van der Waals surface area (Å²) in [5, 5.41) is 8.33. The van der Waals surface area contributed by atoms with Crippen LogP contribution in [0.4, 0.5) is 0 Å². The van der Waals surface area contributed by atoms with Gasteiger partial charge in [0.15, 0.2) is 5.69 Å².